The van der Waals surface area contributed by atoms with E-state index in [1.54, 1.807) is 0 Å². The molecule has 0 saturated heterocycles. The lowest BCUT2D eigenvalue weighted by atomic mass is 10.0. The molecule has 2 nitrogen and oxygen atoms in total. The third-order valence-electron chi connectivity index (χ3n) is 2.97. The van der Waals surface area contributed by atoms with E-state index in [1.807, 2.05) is 48.5 Å². The normalized spacial score (nSPS) is 15.5. The number of benzene rings is 2. The lowest BCUT2D eigenvalue weighted by molar-refractivity contribution is -0.110. The third kappa shape index (κ3) is 2.31. The quantitative estimate of drug-likeness (QED) is 0.759. The number of halogens is 2. The fraction of sp³-hybridized carbons (Fsp3) is 0. The molecule has 1 aliphatic heterocycles. The number of hydrogen-bond acceptors (Lipinski definition) is 1. The van der Waals surface area contributed by atoms with Gasteiger partial charge in [-0.15, -0.1) is 0 Å². The molecule has 1 heterocycles. The zero-order valence-corrected chi connectivity index (χ0v) is 12.1. The summed E-state index contributed by atoms with van der Waals surface area (Å²) in [6.07, 6.45) is 1.82. The first-order chi connectivity index (χ1) is 9.15. The van der Waals surface area contributed by atoms with Gasteiger partial charge in [0, 0.05) is 26.3 Å². The van der Waals surface area contributed by atoms with Crippen molar-refractivity contribution in [3.63, 3.8) is 0 Å². The van der Waals surface area contributed by atoms with Gasteiger partial charge in [-0.2, -0.15) is 0 Å². The second kappa shape index (κ2) is 4.83. The Bertz CT molecular complexity index is 709. The number of carbonyl (C=O) groups is 1. The number of anilines is 1. The lowest BCUT2D eigenvalue weighted by Crippen LogP contribution is -2.03. The van der Waals surface area contributed by atoms with Crippen LogP contribution in [0.5, 0.6) is 0 Å². The Morgan fingerprint density at radius 1 is 1.16 bits per heavy atom. The van der Waals surface area contributed by atoms with Crippen molar-refractivity contribution in [1.29, 1.82) is 0 Å². The number of carbonyl (C=O) groups excluding carboxylic acids is 1. The molecule has 0 aromatic heterocycles. The number of fused-ring (bicyclic) bond motifs is 1. The van der Waals surface area contributed by atoms with Crippen LogP contribution >= 0.6 is 27.5 Å². The fourth-order valence-electron chi connectivity index (χ4n) is 2.05. The summed E-state index contributed by atoms with van der Waals surface area (Å²) in [5.74, 6) is -0.104. The van der Waals surface area contributed by atoms with Crippen molar-refractivity contribution in [2.24, 2.45) is 0 Å². The second-order valence-electron chi connectivity index (χ2n) is 4.22. The van der Waals surface area contributed by atoms with Gasteiger partial charge < -0.3 is 5.32 Å². The van der Waals surface area contributed by atoms with Gasteiger partial charge in [0.15, 0.2) is 0 Å². The standard InChI is InChI=1S/C15H9BrClNO/c16-10-5-6-14-11(8-10)12(15(19)18-14)7-9-3-1-2-4-13(9)17/h1-8H,(H,18,19). The SMILES string of the molecule is O=C1Nc2ccc(Br)cc2C1=Cc1ccccc1Cl. The molecule has 0 aliphatic carbocycles. The Balaban J connectivity index is 2.14. The van der Waals surface area contributed by atoms with Crippen LogP contribution in [0.15, 0.2) is 46.9 Å². The summed E-state index contributed by atoms with van der Waals surface area (Å²) < 4.78 is 0.938. The van der Waals surface area contributed by atoms with Gasteiger partial charge in [-0.25, -0.2) is 0 Å². The van der Waals surface area contributed by atoms with Crippen molar-refractivity contribution in [2.45, 2.75) is 0 Å². The van der Waals surface area contributed by atoms with Crippen molar-refractivity contribution >= 4 is 50.8 Å². The molecule has 0 atom stereocenters. The number of hydrogen-bond donors (Lipinski definition) is 1. The highest BCUT2D eigenvalue weighted by molar-refractivity contribution is 9.10. The number of rotatable bonds is 1. The molecule has 1 N–H and O–H groups in total. The summed E-state index contributed by atoms with van der Waals surface area (Å²) >= 11 is 9.54. The first-order valence-corrected chi connectivity index (χ1v) is 6.90. The monoisotopic (exact) mass is 333 g/mol. The first-order valence-electron chi connectivity index (χ1n) is 5.72. The van der Waals surface area contributed by atoms with Crippen LogP contribution in [-0.4, -0.2) is 5.91 Å². The Kier molecular flexibility index (Phi) is 3.17. The molecule has 2 aromatic carbocycles. The van der Waals surface area contributed by atoms with E-state index in [-0.39, 0.29) is 5.91 Å². The highest BCUT2D eigenvalue weighted by Gasteiger charge is 2.24. The van der Waals surface area contributed by atoms with Gasteiger partial charge in [0.1, 0.15) is 0 Å². The van der Waals surface area contributed by atoms with Crippen LogP contribution < -0.4 is 5.32 Å². The Morgan fingerprint density at radius 2 is 1.95 bits per heavy atom. The molecule has 19 heavy (non-hydrogen) atoms. The van der Waals surface area contributed by atoms with E-state index in [4.69, 9.17) is 11.6 Å². The topological polar surface area (TPSA) is 29.1 Å². The summed E-state index contributed by atoms with van der Waals surface area (Å²) in [7, 11) is 0. The summed E-state index contributed by atoms with van der Waals surface area (Å²) in [5.41, 5.74) is 3.18. The predicted octanol–water partition coefficient (Wildman–Crippen LogP) is 4.60. The molecule has 0 radical (unpaired) electrons. The average Bonchev–Trinajstić information content (AvgIpc) is 2.69. The van der Waals surface area contributed by atoms with Crippen LogP contribution in [0.3, 0.4) is 0 Å². The minimum absolute atomic E-state index is 0.104. The van der Waals surface area contributed by atoms with Crippen molar-refractivity contribution in [3.8, 4) is 0 Å². The highest BCUT2D eigenvalue weighted by Crippen LogP contribution is 2.35. The molecule has 3 rings (SSSR count). The molecular weight excluding hydrogens is 326 g/mol. The van der Waals surface area contributed by atoms with Crippen molar-refractivity contribution in [2.75, 3.05) is 5.32 Å². The van der Waals surface area contributed by atoms with E-state index < -0.39 is 0 Å². The maximum absolute atomic E-state index is 12.0. The molecule has 0 saturated carbocycles. The van der Waals surface area contributed by atoms with Gasteiger partial charge in [-0.05, 0) is 35.9 Å². The molecule has 94 valence electrons. The molecule has 0 fully saturated rings. The van der Waals surface area contributed by atoms with Crippen molar-refractivity contribution in [3.05, 3.63) is 63.1 Å². The van der Waals surface area contributed by atoms with Crippen molar-refractivity contribution in [1.82, 2.24) is 0 Å². The Hall–Kier alpha value is -1.58. The van der Waals surface area contributed by atoms with Gasteiger partial charge in [0.2, 0.25) is 0 Å². The molecular formula is C15H9BrClNO. The Labute approximate surface area is 124 Å². The molecule has 0 spiro atoms. The zero-order chi connectivity index (χ0) is 13.4. The molecule has 0 bridgehead atoms. The van der Waals surface area contributed by atoms with Gasteiger partial charge in [0.25, 0.3) is 5.91 Å². The van der Waals surface area contributed by atoms with Gasteiger partial charge >= 0.3 is 0 Å². The van der Waals surface area contributed by atoms with Gasteiger partial charge in [-0.1, -0.05) is 45.7 Å². The number of amides is 1. The minimum atomic E-state index is -0.104. The van der Waals surface area contributed by atoms with E-state index in [9.17, 15) is 4.79 Å². The molecule has 4 heteroatoms. The lowest BCUT2D eigenvalue weighted by Gasteiger charge is -2.01. The van der Waals surface area contributed by atoms with E-state index >= 15 is 0 Å². The Morgan fingerprint density at radius 3 is 2.74 bits per heavy atom. The van der Waals surface area contributed by atoms with Crippen LogP contribution in [0, 0.1) is 0 Å². The van der Waals surface area contributed by atoms with Crippen molar-refractivity contribution < 1.29 is 4.79 Å². The van der Waals surface area contributed by atoms with Crippen LogP contribution in [-0.2, 0) is 4.79 Å². The summed E-state index contributed by atoms with van der Waals surface area (Å²) in [4.78, 5) is 12.0. The fourth-order valence-corrected chi connectivity index (χ4v) is 2.60. The van der Waals surface area contributed by atoms with Crippen LogP contribution in [0.1, 0.15) is 11.1 Å². The van der Waals surface area contributed by atoms with Crippen LogP contribution in [0.2, 0.25) is 5.02 Å². The summed E-state index contributed by atoms with van der Waals surface area (Å²) in [6, 6.07) is 13.2. The van der Waals surface area contributed by atoms with E-state index in [2.05, 4.69) is 21.2 Å². The number of nitrogens with one attached hydrogen (secondary N) is 1. The summed E-state index contributed by atoms with van der Waals surface area (Å²) in [6.45, 7) is 0. The minimum Gasteiger partial charge on any atom is -0.321 e. The van der Waals surface area contributed by atoms with E-state index in [0.29, 0.717) is 10.6 Å². The third-order valence-corrected chi connectivity index (χ3v) is 3.81. The van der Waals surface area contributed by atoms with Gasteiger partial charge in [0.05, 0.1) is 0 Å². The van der Waals surface area contributed by atoms with E-state index in [0.717, 1.165) is 21.3 Å². The smallest absolute Gasteiger partial charge is 0.256 e. The zero-order valence-electron chi connectivity index (χ0n) is 9.78. The molecule has 1 amide bonds. The molecule has 2 aromatic rings. The maximum atomic E-state index is 12.0. The second-order valence-corrected chi connectivity index (χ2v) is 5.55. The predicted molar refractivity (Wildman–Crippen MR) is 82.1 cm³/mol. The molecule has 0 unspecified atom stereocenters. The maximum Gasteiger partial charge on any atom is 0.256 e. The molecule has 1 aliphatic rings. The average molecular weight is 335 g/mol. The van der Waals surface area contributed by atoms with E-state index in [1.165, 1.54) is 0 Å². The largest absolute Gasteiger partial charge is 0.321 e. The van der Waals surface area contributed by atoms with Crippen LogP contribution in [0.4, 0.5) is 5.69 Å². The van der Waals surface area contributed by atoms with Gasteiger partial charge in [-0.3, -0.25) is 4.79 Å². The first kappa shape index (κ1) is 12.5. The highest BCUT2D eigenvalue weighted by atomic mass is 79.9. The summed E-state index contributed by atoms with van der Waals surface area (Å²) in [5, 5.41) is 3.47. The van der Waals surface area contributed by atoms with Crippen LogP contribution in [0.25, 0.3) is 11.6 Å².